The van der Waals surface area contributed by atoms with Crippen LogP contribution in [0.25, 0.3) is 10.9 Å². The van der Waals surface area contributed by atoms with Crippen LogP contribution in [0.5, 0.6) is 0 Å². The molecule has 0 aliphatic carbocycles. The molecule has 0 radical (unpaired) electrons. The van der Waals surface area contributed by atoms with Crippen molar-refractivity contribution >= 4 is 34.6 Å². The molecule has 0 bridgehead atoms. The molecule has 2 amide bonds. The molecule has 2 aromatic heterocycles. The number of ether oxygens (including phenoxy) is 1. The van der Waals surface area contributed by atoms with Crippen LogP contribution in [0.1, 0.15) is 54.0 Å². The van der Waals surface area contributed by atoms with Gasteiger partial charge in [-0.3, -0.25) is 9.69 Å². The summed E-state index contributed by atoms with van der Waals surface area (Å²) in [5.74, 6) is -1.53. The molecule has 2 aromatic carbocycles. The second-order valence-corrected chi connectivity index (χ2v) is 9.78. The third kappa shape index (κ3) is 6.46. The number of carboxylic acid groups (broad SMARTS) is 1. The van der Waals surface area contributed by atoms with E-state index in [4.69, 9.17) is 9.15 Å². The van der Waals surface area contributed by atoms with Crippen molar-refractivity contribution in [2.75, 3.05) is 11.9 Å². The maximum Gasteiger partial charge on any atom is 0.414 e. The SMILES string of the molecule is Cc1oc([C@@H](Cc2c[nH]c3ccccc23)NC(=O)[C@H](CC(C)C)OC(=O)N(C)c2ccccc2)nc1C(=O)O. The van der Waals surface area contributed by atoms with Crippen LogP contribution < -0.4 is 10.2 Å². The average molecular weight is 533 g/mol. The Morgan fingerprint density at radius 1 is 1.10 bits per heavy atom. The summed E-state index contributed by atoms with van der Waals surface area (Å²) in [6.07, 6.45) is 0.615. The highest BCUT2D eigenvalue weighted by atomic mass is 16.6. The highest BCUT2D eigenvalue weighted by Crippen LogP contribution is 2.26. The van der Waals surface area contributed by atoms with Gasteiger partial charge in [0.2, 0.25) is 5.89 Å². The standard InChI is InChI=1S/C29H32N4O6/c1-17(2)14-24(39-29(37)33(4)20-10-6-5-7-11-20)26(34)31-23(27-32-25(28(35)36)18(3)38-27)15-19-16-30-22-13-9-8-12-21(19)22/h5-13,16-17,23-24,30H,14-15H2,1-4H3,(H,31,34)(H,35,36)/t23-,24+/m1/s1. The number of para-hydroxylation sites is 2. The van der Waals surface area contributed by atoms with Crippen LogP contribution in [0.2, 0.25) is 0 Å². The Kier molecular flexibility index (Phi) is 8.33. The number of nitrogens with zero attached hydrogens (tertiary/aromatic N) is 2. The number of benzene rings is 2. The van der Waals surface area contributed by atoms with Crippen LogP contribution in [0.4, 0.5) is 10.5 Å². The lowest BCUT2D eigenvalue weighted by molar-refractivity contribution is -0.131. The molecular weight excluding hydrogens is 500 g/mol. The number of aryl methyl sites for hydroxylation is 1. The number of aromatic carboxylic acids is 1. The second-order valence-electron chi connectivity index (χ2n) is 9.78. The monoisotopic (exact) mass is 532 g/mol. The largest absolute Gasteiger partial charge is 0.476 e. The summed E-state index contributed by atoms with van der Waals surface area (Å²) in [5.41, 5.74) is 2.20. The third-order valence-electron chi connectivity index (χ3n) is 6.37. The van der Waals surface area contributed by atoms with Crippen LogP contribution in [-0.4, -0.2) is 46.2 Å². The number of carbonyl (C=O) groups excluding carboxylic acids is 2. The van der Waals surface area contributed by atoms with Crippen molar-refractivity contribution in [3.8, 4) is 0 Å². The van der Waals surface area contributed by atoms with E-state index in [9.17, 15) is 19.5 Å². The van der Waals surface area contributed by atoms with Gasteiger partial charge in [-0.25, -0.2) is 14.6 Å². The molecule has 2 atom stereocenters. The zero-order valence-electron chi connectivity index (χ0n) is 22.3. The van der Waals surface area contributed by atoms with Gasteiger partial charge in [-0.15, -0.1) is 0 Å². The predicted molar refractivity (Wildman–Crippen MR) is 146 cm³/mol. The lowest BCUT2D eigenvalue weighted by Crippen LogP contribution is -2.43. The quantitative estimate of drug-likeness (QED) is 0.254. The van der Waals surface area contributed by atoms with Crippen LogP contribution in [-0.2, 0) is 16.0 Å². The van der Waals surface area contributed by atoms with Crippen LogP contribution in [0, 0.1) is 12.8 Å². The lowest BCUT2D eigenvalue weighted by Gasteiger charge is -2.25. The number of H-pyrrole nitrogens is 1. The maximum atomic E-state index is 13.6. The molecule has 0 aliphatic heterocycles. The molecule has 0 saturated carbocycles. The van der Waals surface area contributed by atoms with Crippen molar-refractivity contribution in [3.63, 3.8) is 0 Å². The van der Waals surface area contributed by atoms with Gasteiger partial charge < -0.3 is 24.6 Å². The predicted octanol–water partition coefficient (Wildman–Crippen LogP) is 5.25. The van der Waals surface area contributed by atoms with Gasteiger partial charge in [-0.05, 0) is 43.0 Å². The lowest BCUT2D eigenvalue weighted by atomic mass is 10.0. The molecule has 4 rings (SSSR count). The Morgan fingerprint density at radius 2 is 1.79 bits per heavy atom. The van der Waals surface area contributed by atoms with E-state index < -0.39 is 30.1 Å². The number of rotatable bonds is 10. The van der Waals surface area contributed by atoms with Crippen molar-refractivity contribution in [1.82, 2.24) is 15.3 Å². The molecule has 204 valence electrons. The summed E-state index contributed by atoms with van der Waals surface area (Å²) in [6.45, 7) is 5.36. The molecule has 0 spiro atoms. The molecule has 10 nitrogen and oxygen atoms in total. The molecule has 4 aromatic rings. The van der Waals surface area contributed by atoms with Gasteiger partial charge in [0.05, 0.1) is 0 Å². The van der Waals surface area contributed by atoms with Crippen molar-refractivity contribution in [3.05, 3.63) is 83.7 Å². The number of aromatic nitrogens is 2. The normalized spacial score (nSPS) is 12.7. The minimum Gasteiger partial charge on any atom is -0.476 e. The van der Waals surface area contributed by atoms with Gasteiger partial charge in [0.25, 0.3) is 5.91 Å². The summed E-state index contributed by atoms with van der Waals surface area (Å²) in [5, 5.41) is 13.4. The summed E-state index contributed by atoms with van der Waals surface area (Å²) in [6, 6.07) is 15.9. The molecule has 0 unspecified atom stereocenters. The molecular formula is C29H32N4O6. The number of nitrogens with one attached hydrogen (secondary N) is 2. The Hall–Kier alpha value is -4.60. The zero-order chi connectivity index (χ0) is 28.1. The second kappa shape index (κ2) is 11.8. The number of carboxylic acids is 1. The van der Waals surface area contributed by atoms with Gasteiger partial charge in [0, 0.05) is 36.3 Å². The van der Waals surface area contributed by atoms with E-state index in [1.807, 2.05) is 50.4 Å². The van der Waals surface area contributed by atoms with Crippen molar-refractivity contribution in [1.29, 1.82) is 0 Å². The fourth-order valence-electron chi connectivity index (χ4n) is 4.34. The summed E-state index contributed by atoms with van der Waals surface area (Å²) in [7, 11) is 1.57. The Bertz CT molecular complexity index is 1460. The molecule has 0 saturated heterocycles. The minimum absolute atomic E-state index is 0.0465. The molecule has 2 heterocycles. The molecule has 0 fully saturated rings. The first-order valence-corrected chi connectivity index (χ1v) is 12.7. The van der Waals surface area contributed by atoms with Crippen LogP contribution in [0.15, 0.2) is 65.2 Å². The number of fused-ring (bicyclic) bond motifs is 1. The zero-order valence-corrected chi connectivity index (χ0v) is 22.3. The van der Waals surface area contributed by atoms with Crippen LogP contribution >= 0.6 is 0 Å². The van der Waals surface area contributed by atoms with Crippen molar-refractivity contribution in [2.45, 2.75) is 45.8 Å². The van der Waals surface area contributed by atoms with Crippen LogP contribution in [0.3, 0.4) is 0 Å². The van der Waals surface area contributed by atoms with Crippen molar-refractivity contribution in [2.24, 2.45) is 5.92 Å². The summed E-state index contributed by atoms with van der Waals surface area (Å²) < 4.78 is 11.4. The average Bonchev–Trinajstić information content (AvgIpc) is 3.51. The van der Waals surface area contributed by atoms with E-state index >= 15 is 0 Å². The fraction of sp³-hybridized carbons (Fsp3) is 0.310. The van der Waals surface area contributed by atoms with E-state index in [2.05, 4.69) is 15.3 Å². The highest BCUT2D eigenvalue weighted by molar-refractivity contribution is 5.90. The molecule has 0 aliphatic rings. The van der Waals surface area contributed by atoms with Gasteiger partial charge in [0.1, 0.15) is 11.8 Å². The first-order valence-electron chi connectivity index (χ1n) is 12.7. The number of hydrogen-bond donors (Lipinski definition) is 3. The highest BCUT2D eigenvalue weighted by Gasteiger charge is 2.31. The van der Waals surface area contributed by atoms with Gasteiger partial charge >= 0.3 is 12.1 Å². The van der Waals surface area contributed by atoms with E-state index in [1.165, 1.54) is 11.8 Å². The number of amides is 2. The van der Waals surface area contributed by atoms with Gasteiger partial charge in [-0.1, -0.05) is 50.2 Å². The van der Waals surface area contributed by atoms with E-state index in [0.717, 1.165) is 16.5 Å². The number of anilines is 1. The van der Waals surface area contributed by atoms with Crippen molar-refractivity contribution < 1.29 is 28.6 Å². The van der Waals surface area contributed by atoms with E-state index in [1.54, 1.807) is 31.3 Å². The minimum atomic E-state index is -1.23. The number of aromatic amines is 1. The molecule has 39 heavy (non-hydrogen) atoms. The first-order chi connectivity index (χ1) is 18.6. The maximum absolute atomic E-state index is 13.6. The number of oxazole rings is 1. The molecule has 3 N–H and O–H groups in total. The smallest absolute Gasteiger partial charge is 0.414 e. The van der Waals surface area contributed by atoms with E-state index in [0.29, 0.717) is 5.69 Å². The first kappa shape index (κ1) is 27.4. The summed E-state index contributed by atoms with van der Waals surface area (Å²) in [4.78, 5) is 46.8. The number of hydrogen-bond acceptors (Lipinski definition) is 6. The molecule has 10 heteroatoms. The third-order valence-corrected chi connectivity index (χ3v) is 6.37. The fourth-order valence-corrected chi connectivity index (χ4v) is 4.34. The van der Waals surface area contributed by atoms with E-state index in [-0.39, 0.29) is 36.1 Å². The van der Waals surface area contributed by atoms with Gasteiger partial charge in [-0.2, -0.15) is 0 Å². The Balaban J connectivity index is 1.61. The number of carbonyl (C=O) groups is 3. The Labute approximate surface area is 226 Å². The topological polar surface area (TPSA) is 138 Å². The van der Waals surface area contributed by atoms with Gasteiger partial charge in [0.15, 0.2) is 11.8 Å². The Morgan fingerprint density at radius 3 is 2.46 bits per heavy atom. The summed E-state index contributed by atoms with van der Waals surface area (Å²) >= 11 is 0.